The fraction of sp³-hybridized carbons (Fsp3) is 0.538. The molecule has 0 bridgehead atoms. The van der Waals surface area contributed by atoms with Gasteiger partial charge in [0.2, 0.25) is 0 Å². The predicted octanol–water partition coefficient (Wildman–Crippen LogP) is 3.45. The summed E-state index contributed by atoms with van der Waals surface area (Å²) in [6, 6.07) is 4.07. The minimum absolute atomic E-state index is 0.394. The molecule has 0 amide bonds. The molecule has 0 aliphatic carbocycles. The molecular formula is C13H20O2S. The highest BCUT2D eigenvalue weighted by Crippen LogP contribution is 2.23. The Morgan fingerprint density at radius 1 is 1.06 bits per heavy atom. The summed E-state index contributed by atoms with van der Waals surface area (Å²) < 4.78 is 17.6. The van der Waals surface area contributed by atoms with Gasteiger partial charge in [0.05, 0.1) is 10.5 Å². The second-order valence-electron chi connectivity index (χ2n) is 5.16. The molecule has 2 nitrogen and oxygen atoms in total. The molecule has 1 unspecified atom stereocenters. The molecule has 0 fully saturated rings. The topological polar surface area (TPSA) is 26.3 Å². The van der Waals surface area contributed by atoms with Crippen molar-refractivity contribution in [3.05, 3.63) is 28.8 Å². The summed E-state index contributed by atoms with van der Waals surface area (Å²) in [7, 11) is 0. The SMILES string of the molecule is Cc1cc(C)c(S(=O)OC(C)(C)C)c(C)c1. The maximum Gasteiger partial charge on any atom is 0.190 e. The van der Waals surface area contributed by atoms with Crippen molar-refractivity contribution in [2.75, 3.05) is 0 Å². The van der Waals surface area contributed by atoms with Crippen LogP contribution < -0.4 is 0 Å². The van der Waals surface area contributed by atoms with Gasteiger partial charge in [-0.05, 0) is 52.7 Å². The Kier molecular flexibility index (Phi) is 3.92. The Morgan fingerprint density at radius 2 is 1.50 bits per heavy atom. The number of benzene rings is 1. The Balaban J connectivity index is 3.10. The standard InChI is InChI=1S/C13H20O2S/c1-9-7-10(2)12(11(3)8-9)16(14)15-13(4,5)6/h7-8H,1-6H3. The first-order valence-corrected chi connectivity index (χ1v) is 6.47. The lowest BCUT2D eigenvalue weighted by molar-refractivity contribution is 0.152. The highest BCUT2D eigenvalue weighted by molar-refractivity contribution is 7.80. The fourth-order valence-corrected chi connectivity index (χ4v) is 2.88. The number of rotatable bonds is 2. The number of hydrogen-bond acceptors (Lipinski definition) is 2. The lowest BCUT2D eigenvalue weighted by Crippen LogP contribution is -2.21. The smallest absolute Gasteiger partial charge is 0.190 e. The van der Waals surface area contributed by atoms with Gasteiger partial charge in [-0.2, -0.15) is 0 Å². The minimum atomic E-state index is -1.38. The predicted molar refractivity (Wildman–Crippen MR) is 67.9 cm³/mol. The highest BCUT2D eigenvalue weighted by atomic mass is 32.2. The van der Waals surface area contributed by atoms with Gasteiger partial charge < -0.3 is 0 Å². The van der Waals surface area contributed by atoms with Crippen LogP contribution in [0.1, 0.15) is 37.5 Å². The zero-order chi connectivity index (χ0) is 12.5. The van der Waals surface area contributed by atoms with Crippen molar-refractivity contribution in [1.82, 2.24) is 0 Å². The first kappa shape index (κ1) is 13.4. The fourth-order valence-electron chi connectivity index (χ4n) is 1.70. The van der Waals surface area contributed by atoms with Gasteiger partial charge in [0.15, 0.2) is 11.1 Å². The zero-order valence-electron chi connectivity index (χ0n) is 10.9. The molecule has 0 spiro atoms. The van der Waals surface area contributed by atoms with E-state index in [1.807, 2.05) is 53.7 Å². The van der Waals surface area contributed by atoms with Crippen molar-refractivity contribution in [3.8, 4) is 0 Å². The van der Waals surface area contributed by atoms with Gasteiger partial charge in [-0.1, -0.05) is 17.7 Å². The Morgan fingerprint density at radius 3 is 1.88 bits per heavy atom. The van der Waals surface area contributed by atoms with Crippen molar-refractivity contribution in [2.45, 2.75) is 52.0 Å². The minimum Gasteiger partial charge on any atom is -0.281 e. The molecule has 0 aromatic heterocycles. The van der Waals surface area contributed by atoms with Crippen molar-refractivity contribution >= 4 is 11.1 Å². The second kappa shape index (κ2) is 4.68. The molecule has 0 saturated carbocycles. The van der Waals surface area contributed by atoms with Gasteiger partial charge >= 0.3 is 0 Å². The molecule has 0 aliphatic heterocycles. The van der Waals surface area contributed by atoms with Crippen molar-refractivity contribution in [3.63, 3.8) is 0 Å². The molecule has 3 heteroatoms. The quantitative estimate of drug-likeness (QED) is 0.791. The summed E-state index contributed by atoms with van der Waals surface area (Å²) in [5.41, 5.74) is 2.85. The summed E-state index contributed by atoms with van der Waals surface area (Å²) in [5, 5.41) is 0. The molecule has 1 atom stereocenters. The van der Waals surface area contributed by atoms with E-state index in [0.717, 1.165) is 16.0 Å². The molecule has 0 radical (unpaired) electrons. The van der Waals surface area contributed by atoms with E-state index in [1.54, 1.807) is 0 Å². The number of aryl methyl sites for hydroxylation is 3. The molecule has 1 aromatic carbocycles. The zero-order valence-corrected chi connectivity index (χ0v) is 11.7. The lowest BCUT2D eigenvalue weighted by atomic mass is 10.1. The molecular weight excluding hydrogens is 220 g/mol. The summed E-state index contributed by atoms with van der Waals surface area (Å²) in [5.74, 6) is 0. The average Bonchev–Trinajstić information content (AvgIpc) is 1.96. The van der Waals surface area contributed by atoms with Crippen LogP contribution in [0.5, 0.6) is 0 Å². The van der Waals surface area contributed by atoms with E-state index < -0.39 is 16.7 Å². The summed E-state index contributed by atoms with van der Waals surface area (Å²) >= 11 is -1.38. The maximum atomic E-state index is 12.1. The monoisotopic (exact) mass is 240 g/mol. The summed E-state index contributed by atoms with van der Waals surface area (Å²) in [4.78, 5) is 0.806. The van der Waals surface area contributed by atoms with Crippen LogP contribution in [0.4, 0.5) is 0 Å². The van der Waals surface area contributed by atoms with E-state index >= 15 is 0 Å². The third-order valence-electron chi connectivity index (χ3n) is 2.10. The van der Waals surface area contributed by atoms with Crippen LogP contribution in [-0.2, 0) is 15.3 Å². The Labute approximate surface area is 101 Å². The normalized spacial score (nSPS) is 13.9. The van der Waals surface area contributed by atoms with E-state index in [1.165, 1.54) is 5.56 Å². The Hall–Kier alpha value is -0.670. The van der Waals surface area contributed by atoms with Crippen LogP contribution in [-0.4, -0.2) is 9.81 Å². The first-order valence-electron chi connectivity index (χ1n) is 5.40. The van der Waals surface area contributed by atoms with Gasteiger partial charge in [0.1, 0.15) is 0 Å². The molecule has 0 N–H and O–H groups in total. The van der Waals surface area contributed by atoms with Crippen LogP contribution in [0.2, 0.25) is 0 Å². The summed E-state index contributed by atoms with van der Waals surface area (Å²) in [6.07, 6.45) is 0. The third-order valence-corrected chi connectivity index (χ3v) is 3.73. The summed E-state index contributed by atoms with van der Waals surface area (Å²) in [6.45, 7) is 11.7. The molecule has 1 aromatic rings. The van der Waals surface area contributed by atoms with Crippen molar-refractivity contribution in [2.24, 2.45) is 0 Å². The first-order chi connectivity index (χ1) is 7.20. The second-order valence-corrected chi connectivity index (χ2v) is 6.20. The van der Waals surface area contributed by atoms with E-state index in [9.17, 15) is 4.21 Å². The van der Waals surface area contributed by atoms with E-state index in [4.69, 9.17) is 4.18 Å². The number of hydrogen-bond donors (Lipinski definition) is 0. The molecule has 0 aliphatic rings. The van der Waals surface area contributed by atoms with Gasteiger partial charge in [-0.15, -0.1) is 0 Å². The van der Waals surface area contributed by atoms with Crippen molar-refractivity contribution in [1.29, 1.82) is 0 Å². The maximum absolute atomic E-state index is 12.1. The van der Waals surface area contributed by atoms with Crippen molar-refractivity contribution < 1.29 is 8.39 Å². The third kappa shape index (κ3) is 3.42. The highest BCUT2D eigenvalue weighted by Gasteiger charge is 2.19. The largest absolute Gasteiger partial charge is 0.281 e. The van der Waals surface area contributed by atoms with Crippen LogP contribution in [0.3, 0.4) is 0 Å². The van der Waals surface area contributed by atoms with E-state index in [2.05, 4.69) is 0 Å². The van der Waals surface area contributed by atoms with Crippen LogP contribution >= 0.6 is 0 Å². The van der Waals surface area contributed by atoms with Gasteiger partial charge in [-0.3, -0.25) is 4.18 Å². The Bertz CT molecular complexity index is 393. The van der Waals surface area contributed by atoms with E-state index in [-0.39, 0.29) is 0 Å². The van der Waals surface area contributed by atoms with Crippen LogP contribution in [0.15, 0.2) is 17.0 Å². The van der Waals surface area contributed by atoms with Crippen LogP contribution in [0, 0.1) is 20.8 Å². The van der Waals surface area contributed by atoms with Gasteiger partial charge in [0, 0.05) is 0 Å². The molecule has 16 heavy (non-hydrogen) atoms. The van der Waals surface area contributed by atoms with Gasteiger partial charge in [0.25, 0.3) is 0 Å². The molecule has 0 saturated heterocycles. The molecule has 0 heterocycles. The lowest BCUT2D eigenvalue weighted by Gasteiger charge is -2.19. The average molecular weight is 240 g/mol. The van der Waals surface area contributed by atoms with E-state index in [0.29, 0.717) is 0 Å². The molecule has 1 rings (SSSR count). The molecule has 90 valence electrons. The van der Waals surface area contributed by atoms with Crippen LogP contribution in [0.25, 0.3) is 0 Å². The van der Waals surface area contributed by atoms with Gasteiger partial charge in [-0.25, -0.2) is 4.21 Å².